The normalized spacial score (nSPS) is 11.6. The van der Waals surface area contributed by atoms with E-state index in [9.17, 15) is 14.4 Å². The molecule has 8 heteroatoms. The molecule has 0 bridgehead atoms. The molecule has 0 aliphatic carbocycles. The van der Waals surface area contributed by atoms with Crippen LogP contribution < -0.4 is 11.1 Å². The number of nitrogens with one attached hydrogen (secondary N) is 1. The number of primary amides is 1. The monoisotopic (exact) mass is 266 g/mol. The zero-order valence-corrected chi connectivity index (χ0v) is 10.3. The number of rotatable bonds is 6. The Morgan fingerprint density at radius 2 is 2.05 bits per heavy atom. The molecule has 4 N–H and O–H groups in total. The molecule has 0 radical (unpaired) electrons. The third-order valence-corrected chi connectivity index (χ3v) is 2.31. The molecule has 0 aliphatic heterocycles. The highest BCUT2D eigenvalue weighted by molar-refractivity contribution is 5.94. The van der Waals surface area contributed by atoms with Gasteiger partial charge in [-0.2, -0.15) is 5.10 Å². The van der Waals surface area contributed by atoms with E-state index in [1.165, 1.54) is 6.07 Å². The molecule has 0 saturated carbocycles. The summed E-state index contributed by atoms with van der Waals surface area (Å²) in [5.74, 6) is -2.53. The Hall–Kier alpha value is -2.51. The van der Waals surface area contributed by atoms with Crippen molar-refractivity contribution in [3.63, 3.8) is 0 Å². The van der Waals surface area contributed by atoms with Gasteiger partial charge in [-0.1, -0.05) is 0 Å². The van der Waals surface area contributed by atoms with Crippen LogP contribution in [0, 0.1) is 6.92 Å². The van der Waals surface area contributed by atoms with Gasteiger partial charge in [-0.25, -0.2) is 4.79 Å². The van der Waals surface area contributed by atoms with E-state index >= 15 is 0 Å². The second-order valence-corrected chi connectivity index (χ2v) is 3.93. The molecule has 1 aromatic heterocycles. The van der Waals surface area contributed by atoms with Gasteiger partial charge in [-0.05, 0) is 25.5 Å². The second-order valence-electron chi connectivity index (χ2n) is 3.93. The van der Waals surface area contributed by atoms with Gasteiger partial charge in [-0.15, -0.1) is 5.10 Å². The average Bonchev–Trinajstić information content (AvgIpc) is 2.34. The Morgan fingerprint density at radius 1 is 1.37 bits per heavy atom. The van der Waals surface area contributed by atoms with Crippen LogP contribution >= 0.6 is 0 Å². The zero-order chi connectivity index (χ0) is 14.4. The summed E-state index contributed by atoms with van der Waals surface area (Å²) in [6.07, 6.45) is -0.202. The fourth-order valence-corrected chi connectivity index (χ4v) is 1.30. The largest absolute Gasteiger partial charge is 0.480 e. The first-order chi connectivity index (χ1) is 8.90. The van der Waals surface area contributed by atoms with E-state index in [0.29, 0.717) is 5.69 Å². The van der Waals surface area contributed by atoms with Crippen molar-refractivity contribution in [2.45, 2.75) is 25.8 Å². The molecule has 1 heterocycles. The molecule has 1 atom stereocenters. The van der Waals surface area contributed by atoms with Gasteiger partial charge >= 0.3 is 5.97 Å². The van der Waals surface area contributed by atoms with Crippen molar-refractivity contribution in [2.75, 3.05) is 0 Å². The molecular weight excluding hydrogens is 252 g/mol. The van der Waals surface area contributed by atoms with Crippen LogP contribution in [0.25, 0.3) is 0 Å². The predicted molar refractivity (Wildman–Crippen MR) is 64.1 cm³/mol. The quantitative estimate of drug-likeness (QED) is 0.618. The van der Waals surface area contributed by atoms with Crippen molar-refractivity contribution >= 4 is 17.8 Å². The van der Waals surface area contributed by atoms with Crippen molar-refractivity contribution in [1.29, 1.82) is 0 Å². The number of aliphatic carboxylic acids is 1. The van der Waals surface area contributed by atoms with E-state index in [1.807, 2.05) is 0 Å². The maximum Gasteiger partial charge on any atom is 0.326 e. The summed E-state index contributed by atoms with van der Waals surface area (Å²) in [6, 6.07) is 1.83. The van der Waals surface area contributed by atoms with Gasteiger partial charge in [0.05, 0.1) is 5.69 Å². The lowest BCUT2D eigenvalue weighted by Crippen LogP contribution is -2.41. The summed E-state index contributed by atoms with van der Waals surface area (Å²) in [6.45, 7) is 1.71. The number of amides is 2. The number of aromatic nitrogens is 2. The molecule has 2 amide bonds. The Kier molecular flexibility index (Phi) is 4.92. The Morgan fingerprint density at radius 3 is 2.53 bits per heavy atom. The number of hydrogen-bond acceptors (Lipinski definition) is 5. The van der Waals surface area contributed by atoms with Crippen LogP contribution in [0.3, 0.4) is 0 Å². The topological polar surface area (TPSA) is 135 Å². The molecule has 0 fully saturated rings. The highest BCUT2D eigenvalue weighted by Gasteiger charge is 2.21. The fraction of sp³-hybridized carbons (Fsp3) is 0.364. The van der Waals surface area contributed by atoms with Gasteiger partial charge in [0.15, 0.2) is 5.69 Å². The van der Waals surface area contributed by atoms with Crippen LogP contribution in [-0.4, -0.2) is 39.1 Å². The lowest BCUT2D eigenvalue weighted by atomic mass is 10.1. The average molecular weight is 266 g/mol. The van der Waals surface area contributed by atoms with Crippen molar-refractivity contribution < 1.29 is 19.5 Å². The van der Waals surface area contributed by atoms with E-state index < -0.39 is 23.8 Å². The van der Waals surface area contributed by atoms with Gasteiger partial charge in [0.25, 0.3) is 5.91 Å². The summed E-state index contributed by atoms with van der Waals surface area (Å²) in [5, 5.41) is 18.5. The van der Waals surface area contributed by atoms with Crippen LogP contribution in [0.4, 0.5) is 0 Å². The minimum atomic E-state index is -1.24. The van der Waals surface area contributed by atoms with Crippen LogP contribution in [0.5, 0.6) is 0 Å². The number of carbonyl (C=O) groups is 3. The first kappa shape index (κ1) is 14.6. The van der Waals surface area contributed by atoms with E-state index in [1.54, 1.807) is 13.0 Å². The first-order valence-corrected chi connectivity index (χ1v) is 5.52. The number of carbonyl (C=O) groups excluding carboxylic acids is 2. The number of aryl methyl sites for hydroxylation is 1. The van der Waals surface area contributed by atoms with Crippen molar-refractivity contribution in [3.05, 3.63) is 23.5 Å². The lowest BCUT2D eigenvalue weighted by molar-refractivity contribution is -0.139. The third-order valence-electron chi connectivity index (χ3n) is 2.31. The number of hydrogen-bond donors (Lipinski definition) is 3. The van der Waals surface area contributed by atoms with Gasteiger partial charge in [-0.3, -0.25) is 9.59 Å². The molecule has 0 aromatic carbocycles. The molecule has 1 aromatic rings. The summed E-state index contributed by atoms with van der Waals surface area (Å²) >= 11 is 0. The standard InChI is InChI=1S/C11H14N4O4/c1-6-2-3-7(15-14-6)10(17)13-8(11(18)19)4-5-9(12)16/h2-3,8H,4-5H2,1H3,(H2,12,16)(H,13,17)(H,18,19)/t8-/m0/s1. The van der Waals surface area contributed by atoms with E-state index in [4.69, 9.17) is 10.8 Å². The number of carboxylic acid groups (broad SMARTS) is 1. The fourth-order valence-electron chi connectivity index (χ4n) is 1.30. The summed E-state index contributed by atoms with van der Waals surface area (Å²) in [4.78, 5) is 33.3. The van der Waals surface area contributed by atoms with Gasteiger partial charge in [0.1, 0.15) is 6.04 Å². The number of nitrogens with zero attached hydrogens (tertiary/aromatic N) is 2. The molecular formula is C11H14N4O4. The highest BCUT2D eigenvalue weighted by atomic mass is 16.4. The van der Waals surface area contributed by atoms with Crippen molar-refractivity contribution in [1.82, 2.24) is 15.5 Å². The Bertz CT molecular complexity index is 486. The smallest absolute Gasteiger partial charge is 0.326 e. The minimum Gasteiger partial charge on any atom is -0.480 e. The summed E-state index contributed by atoms with van der Waals surface area (Å²) < 4.78 is 0. The van der Waals surface area contributed by atoms with Crippen LogP contribution in [0.15, 0.2) is 12.1 Å². The molecule has 8 nitrogen and oxygen atoms in total. The molecule has 0 aliphatic rings. The molecule has 0 saturated heterocycles. The van der Waals surface area contributed by atoms with E-state index in [2.05, 4.69) is 15.5 Å². The van der Waals surface area contributed by atoms with Gasteiger partial charge < -0.3 is 16.2 Å². The summed E-state index contributed by atoms with van der Waals surface area (Å²) in [5.41, 5.74) is 5.58. The SMILES string of the molecule is Cc1ccc(C(=O)N[C@@H](CCC(N)=O)C(=O)O)nn1. The second kappa shape index (κ2) is 6.43. The maximum absolute atomic E-state index is 11.7. The molecule has 0 spiro atoms. The maximum atomic E-state index is 11.7. The number of nitrogens with two attached hydrogens (primary N) is 1. The van der Waals surface area contributed by atoms with Gasteiger partial charge in [0, 0.05) is 6.42 Å². The Labute approximate surface area is 109 Å². The van der Waals surface area contributed by atoms with Crippen LogP contribution in [-0.2, 0) is 9.59 Å². The van der Waals surface area contributed by atoms with Gasteiger partial charge in [0.2, 0.25) is 5.91 Å². The number of carboxylic acids is 1. The first-order valence-electron chi connectivity index (χ1n) is 5.52. The molecule has 0 unspecified atom stereocenters. The van der Waals surface area contributed by atoms with E-state index in [0.717, 1.165) is 0 Å². The van der Waals surface area contributed by atoms with E-state index in [-0.39, 0.29) is 18.5 Å². The van der Waals surface area contributed by atoms with Crippen LogP contribution in [0.1, 0.15) is 29.0 Å². The molecule has 19 heavy (non-hydrogen) atoms. The molecule has 102 valence electrons. The van der Waals surface area contributed by atoms with Crippen molar-refractivity contribution in [2.24, 2.45) is 5.73 Å². The Balaban J connectivity index is 2.68. The predicted octanol–water partition coefficient (Wildman–Crippen LogP) is -0.766. The summed E-state index contributed by atoms with van der Waals surface area (Å²) in [7, 11) is 0. The van der Waals surface area contributed by atoms with Crippen LogP contribution in [0.2, 0.25) is 0 Å². The third kappa shape index (κ3) is 4.70. The zero-order valence-electron chi connectivity index (χ0n) is 10.3. The lowest BCUT2D eigenvalue weighted by Gasteiger charge is -2.12. The van der Waals surface area contributed by atoms with Crippen molar-refractivity contribution in [3.8, 4) is 0 Å². The minimum absolute atomic E-state index is 0.0101. The highest BCUT2D eigenvalue weighted by Crippen LogP contribution is 2.01. The molecule has 1 rings (SSSR count).